The van der Waals surface area contributed by atoms with Gasteiger partial charge in [-0.2, -0.15) is 0 Å². The van der Waals surface area contributed by atoms with Gasteiger partial charge >= 0.3 is 0 Å². The number of halogens is 2. The van der Waals surface area contributed by atoms with Crippen LogP contribution in [0.2, 0.25) is 5.15 Å². The number of rotatable bonds is 4. The number of nitrogens with zero attached hydrogens (tertiary/aromatic N) is 3. The van der Waals surface area contributed by atoms with E-state index in [1.54, 1.807) is 12.3 Å². The molecule has 0 saturated carbocycles. The lowest BCUT2D eigenvalue weighted by atomic mass is 10.2. The molecular formula is C14H19BrClN3O. The minimum atomic E-state index is -0.0292. The van der Waals surface area contributed by atoms with Gasteiger partial charge in [-0.25, -0.2) is 4.98 Å². The van der Waals surface area contributed by atoms with Crippen molar-refractivity contribution in [2.45, 2.75) is 26.3 Å². The zero-order valence-electron chi connectivity index (χ0n) is 11.8. The molecule has 0 aliphatic carbocycles. The molecule has 20 heavy (non-hydrogen) atoms. The van der Waals surface area contributed by atoms with Crippen molar-refractivity contribution in [3.63, 3.8) is 0 Å². The Morgan fingerprint density at radius 3 is 2.90 bits per heavy atom. The standard InChI is InChI=1S/C14H19BrClN3O/c1-3-18(4-2)11-5-6-19(9-11)14(20)12-7-10(15)8-17-13(12)16/h7-8,11H,3-6,9H2,1-2H3. The number of amides is 1. The van der Waals surface area contributed by atoms with Crippen molar-refractivity contribution in [3.05, 3.63) is 27.5 Å². The van der Waals surface area contributed by atoms with Crippen molar-refractivity contribution in [1.82, 2.24) is 14.8 Å². The van der Waals surface area contributed by atoms with Crippen LogP contribution in [-0.2, 0) is 0 Å². The molecule has 1 aliphatic rings. The van der Waals surface area contributed by atoms with Gasteiger partial charge in [0.15, 0.2) is 0 Å². The molecule has 1 aliphatic heterocycles. The first-order chi connectivity index (χ1) is 9.56. The summed E-state index contributed by atoms with van der Waals surface area (Å²) in [5, 5.41) is 0.268. The molecule has 0 bridgehead atoms. The first kappa shape index (κ1) is 15.7. The molecular weight excluding hydrogens is 342 g/mol. The zero-order chi connectivity index (χ0) is 14.7. The van der Waals surface area contributed by atoms with E-state index in [1.807, 2.05) is 4.90 Å². The minimum absolute atomic E-state index is 0.0292. The molecule has 0 N–H and O–H groups in total. The number of aromatic nitrogens is 1. The van der Waals surface area contributed by atoms with Crippen molar-refractivity contribution in [2.24, 2.45) is 0 Å². The minimum Gasteiger partial charge on any atom is -0.337 e. The van der Waals surface area contributed by atoms with E-state index in [0.29, 0.717) is 11.6 Å². The quantitative estimate of drug-likeness (QED) is 0.774. The van der Waals surface area contributed by atoms with Crippen molar-refractivity contribution in [1.29, 1.82) is 0 Å². The monoisotopic (exact) mass is 359 g/mol. The van der Waals surface area contributed by atoms with E-state index in [-0.39, 0.29) is 11.1 Å². The maximum absolute atomic E-state index is 12.5. The molecule has 1 aromatic heterocycles. The third-order valence-corrected chi connectivity index (χ3v) is 4.55. The van der Waals surface area contributed by atoms with Gasteiger partial charge in [0, 0.05) is 29.8 Å². The number of pyridine rings is 1. The van der Waals surface area contributed by atoms with E-state index < -0.39 is 0 Å². The van der Waals surface area contributed by atoms with Crippen LogP contribution in [0.3, 0.4) is 0 Å². The highest BCUT2D eigenvalue weighted by Gasteiger charge is 2.30. The maximum atomic E-state index is 12.5. The Hall–Kier alpha value is -0.650. The highest BCUT2D eigenvalue weighted by molar-refractivity contribution is 9.10. The van der Waals surface area contributed by atoms with E-state index in [9.17, 15) is 4.79 Å². The SMILES string of the molecule is CCN(CC)C1CCN(C(=O)c2cc(Br)cnc2Cl)C1. The van der Waals surface area contributed by atoms with E-state index in [0.717, 1.165) is 37.1 Å². The molecule has 2 heterocycles. The van der Waals surface area contributed by atoms with Crippen LogP contribution in [0.4, 0.5) is 0 Å². The van der Waals surface area contributed by atoms with Gasteiger partial charge in [-0.3, -0.25) is 9.69 Å². The Morgan fingerprint density at radius 1 is 1.55 bits per heavy atom. The van der Waals surface area contributed by atoms with Gasteiger partial charge in [-0.05, 0) is 41.5 Å². The summed E-state index contributed by atoms with van der Waals surface area (Å²) in [4.78, 5) is 20.8. The fourth-order valence-corrected chi connectivity index (χ4v) is 3.22. The van der Waals surface area contributed by atoms with Gasteiger partial charge in [0.2, 0.25) is 0 Å². The lowest BCUT2D eigenvalue weighted by Gasteiger charge is -2.26. The molecule has 2 rings (SSSR count). The van der Waals surface area contributed by atoms with Crippen LogP contribution in [0.15, 0.2) is 16.7 Å². The molecule has 4 nitrogen and oxygen atoms in total. The second-order valence-corrected chi connectivity index (χ2v) is 6.18. The Balaban J connectivity index is 2.10. The molecule has 1 unspecified atom stereocenters. The average molecular weight is 361 g/mol. The van der Waals surface area contributed by atoms with Gasteiger partial charge in [-0.1, -0.05) is 25.4 Å². The summed E-state index contributed by atoms with van der Waals surface area (Å²) >= 11 is 9.36. The number of likely N-dealkylation sites (tertiary alicyclic amines) is 1. The maximum Gasteiger partial charge on any atom is 0.257 e. The molecule has 0 radical (unpaired) electrons. The molecule has 6 heteroatoms. The molecule has 1 amide bonds. The summed E-state index contributed by atoms with van der Waals surface area (Å²) in [5.74, 6) is -0.0292. The Bertz CT molecular complexity index is 493. The van der Waals surface area contributed by atoms with Crippen molar-refractivity contribution < 1.29 is 4.79 Å². The predicted octanol–water partition coefficient (Wildman–Crippen LogP) is 3.05. The number of hydrogen-bond acceptors (Lipinski definition) is 3. The van der Waals surface area contributed by atoms with Gasteiger partial charge in [0.05, 0.1) is 5.56 Å². The van der Waals surface area contributed by atoms with Crippen LogP contribution in [0.5, 0.6) is 0 Å². The van der Waals surface area contributed by atoms with Crippen LogP contribution in [0.1, 0.15) is 30.6 Å². The van der Waals surface area contributed by atoms with Crippen molar-refractivity contribution in [2.75, 3.05) is 26.2 Å². The second-order valence-electron chi connectivity index (χ2n) is 4.91. The van der Waals surface area contributed by atoms with E-state index in [4.69, 9.17) is 11.6 Å². The van der Waals surface area contributed by atoms with E-state index in [1.165, 1.54) is 0 Å². The molecule has 0 aromatic carbocycles. The van der Waals surface area contributed by atoms with Crippen LogP contribution >= 0.6 is 27.5 Å². The summed E-state index contributed by atoms with van der Waals surface area (Å²) in [7, 11) is 0. The Kier molecular flexibility index (Phi) is 5.41. The van der Waals surface area contributed by atoms with E-state index >= 15 is 0 Å². The lowest BCUT2D eigenvalue weighted by molar-refractivity contribution is 0.0777. The number of hydrogen-bond donors (Lipinski definition) is 0. The van der Waals surface area contributed by atoms with Gasteiger partial charge in [0.1, 0.15) is 5.15 Å². The molecule has 1 atom stereocenters. The third kappa shape index (κ3) is 3.32. The molecule has 0 spiro atoms. The summed E-state index contributed by atoms with van der Waals surface area (Å²) in [6.07, 6.45) is 2.62. The van der Waals surface area contributed by atoms with E-state index in [2.05, 4.69) is 39.7 Å². The van der Waals surface area contributed by atoms with Crippen molar-refractivity contribution in [3.8, 4) is 0 Å². The summed E-state index contributed by atoms with van der Waals surface area (Å²) in [6.45, 7) is 7.89. The summed E-state index contributed by atoms with van der Waals surface area (Å²) in [5.41, 5.74) is 0.473. The smallest absolute Gasteiger partial charge is 0.257 e. The van der Waals surface area contributed by atoms with Gasteiger partial charge in [-0.15, -0.1) is 0 Å². The largest absolute Gasteiger partial charge is 0.337 e. The molecule has 110 valence electrons. The fourth-order valence-electron chi connectivity index (χ4n) is 2.71. The first-order valence-corrected chi connectivity index (χ1v) is 8.08. The Morgan fingerprint density at radius 2 is 2.25 bits per heavy atom. The second kappa shape index (κ2) is 6.87. The molecule has 1 fully saturated rings. The number of carbonyl (C=O) groups excluding carboxylic acids is 1. The van der Waals surface area contributed by atoms with Crippen molar-refractivity contribution >= 4 is 33.4 Å². The lowest BCUT2D eigenvalue weighted by Crippen LogP contribution is -2.38. The topological polar surface area (TPSA) is 36.4 Å². The number of carbonyl (C=O) groups is 1. The Labute approximate surface area is 133 Å². The van der Waals surface area contributed by atoms with Crippen LogP contribution < -0.4 is 0 Å². The predicted molar refractivity (Wildman–Crippen MR) is 84.2 cm³/mol. The first-order valence-electron chi connectivity index (χ1n) is 6.91. The van der Waals surface area contributed by atoms with Gasteiger partial charge < -0.3 is 4.90 Å². The molecule has 1 saturated heterocycles. The third-order valence-electron chi connectivity index (χ3n) is 3.82. The highest BCUT2D eigenvalue weighted by Crippen LogP contribution is 2.23. The summed E-state index contributed by atoms with van der Waals surface area (Å²) < 4.78 is 0.768. The fraction of sp³-hybridized carbons (Fsp3) is 0.571. The summed E-state index contributed by atoms with van der Waals surface area (Å²) in [6, 6.07) is 2.19. The normalized spacial score (nSPS) is 18.9. The van der Waals surface area contributed by atoms with Crippen LogP contribution in [0.25, 0.3) is 0 Å². The molecule has 1 aromatic rings. The van der Waals surface area contributed by atoms with Crippen LogP contribution in [0, 0.1) is 0 Å². The number of likely N-dealkylation sites (N-methyl/N-ethyl adjacent to an activating group) is 1. The van der Waals surface area contributed by atoms with Gasteiger partial charge in [0.25, 0.3) is 5.91 Å². The highest BCUT2D eigenvalue weighted by atomic mass is 79.9. The van der Waals surface area contributed by atoms with Crippen LogP contribution in [-0.4, -0.2) is 52.9 Å². The zero-order valence-corrected chi connectivity index (χ0v) is 14.1. The average Bonchev–Trinajstić information content (AvgIpc) is 2.92.